The maximum Gasteiger partial charge on any atom is 0.220 e. The minimum atomic E-state index is 0.136. The molecule has 0 spiro atoms. The van der Waals surface area contributed by atoms with Crippen LogP contribution in [0, 0.1) is 18.8 Å². The van der Waals surface area contributed by atoms with Gasteiger partial charge in [-0.05, 0) is 25.3 Å². The van der Waals surface area contributed by atoms with Crippen molar-refractivity contribution in [2.24, 2.45) is 11.8 Å². The average molecular weight is 303 g/mol. The molecule has 1 saturated carbocycles. The Hall–Kier alpha value is -1.39. The summed E-state index contributed by atoms with van der Waals surface area (Å²) in [4.78, 5) is 12.2. The minimum absolute atomic E-state index is 0.136. The first-order valence-electron chi connectivity index (χ1n) is 8.14. The molecule has 1 saturated heterocycles. The van der Waals surface area contributed by atoms with Crippen LogP contribution in [-0.4, -0.2) is 38.4 Å². The second-order valence-electron chi connectivity index (χ2n) is 6.49. The van der Waals surface area contributed by atoms with E-state index < -0.39 is 0 Å². The molecule has 1 aromatic carbocycles. The number of ether oxygens (including phenoxy) is 2. The summed E-state index contributed by atoms with van der Waals surface area (Å²) >= 11 is 0. The summed E-state index contributed by atoms with van der Waals surface area (Å²) in [5.41, 5.74) is 2.46. The van der Waals surface area contributed by atoms with Crippen LogP contribution in [0.4, 0.5) is 0 Å². The Morgan fingerprint density at radius 3 is 2.86 bits per heavy atom. The first kappa shape index (κ1) is 15.5. The molecular weight excluding hydrogens is 278 g/mol. The monoisotopic (exact) mass is 303 g/mol. The number of carbonyl (C=O) groups excluding carboxylic acids is 1. The van der Waals surface area contributed by atoms with Crippen LogP contribution in [0.1, 0.15) is 24.0 Å². The Labute approximate surface area is 132 Å². The average Bonchev–Trinajstić information content (AvgIpc) is 2.94. The quantitative estimate of drug-likeness (QED) is 0.875. The molecule has 4 heteroatoms. The highest BCUT2D eigenvalue weighted by atomic mass is 16.5. The molecule has 3 rings (SSSR count). The van der Waals surface area contributed by atoms with Gasteiger partial charge in [-0.25, -0.2) is 0 Å². The van der Waals surface area contributed by atoms with Crippen LogP contribution >= 0.6 is 0 Å². The fourth-order valence-electron chi connectivity index (χ4n) is 3.71. The number of carbonyl (C=O) groups is 1. The number of benzene rings is 1. The highest BCUT2D eigenvalue weighted by Gasteiger charge is 2.54. The van der Waals surface area contributed by atoms with Gasteiger partial charge < -0.3 is 14.8 Å². The van der Waals surface area contributed by atoms with Crippen LogP contribution in [-0.2, 0) is 20.7 Å². The minimum Gasteiger partial charge on any atom is -0.384 e. The molecule has 1 heterocycles. The molecule has 22 heavy (non-hydrogen) atoms. The molecule has 120 valence electrons. The van der Waals surface area contributed by atoms with Crippen molar-refractivity contribution in [1.82, 2.24) is 5.32 Å². The van der Waals surface area contributed by atoms with E-state index in [9.17, 15) is 4.79 Å². The van der Waals surface area contributed by atoms with E-state index in [2.05, 4.69) is 36.5 Å². The molecule has 4 nitrogen and oxygen atoms in total. The van der Waals surface area contributed by atoms with Gasteiger partial charge >= 0.3 is 0 Å². The van der Waals surface area contributed by atoms with Crippen LogP contribution < -0.4 is 5.32 Å². The Balaban J connectivity index is 1.49. The molecule has 1 aromatic rings. The van der Waals surface area contributed by atoms with Gasteiger partial charge in [0.15, 0.2) is 0 Å². The van der Waals surface area contributed by atoms with Gasteiger partial charge in [-0.2, -0.15) is 0 Å². The lowest BCUT2D eigenvalue weighted by Crippen LogP contribution is -2.62. The van der Waals surface area contributed by atoms with Gasteiger partial charge in [0.1, 0.15) is 0 Å². The lowest BCUT2D eigenvalue weighted by atomic mass is 9.67. The summed E-state index contributed by atoms with van der Waals surface area (Å²) in [5.74, 6) is 0.918. The molecule has 2 fully saturated rings. The maximum atomic E-state index is 12.2. The van der Waals surface area contributed by atoms with E-state index in [0.29, 0.717) is 24.9 Å². The van der Waals surface area contributed by atoms with Crippen molar-refractivity contribution in [3.8, 4) is 0 Å². The summed E-state index contributed by atoms with van der Waals surface area (Å²) in [5, 5.41) is 3.21. The first-order chi connectivity index (χ1) is 10.7. The smallest absolute Gasteiger partial charge is 0.220 e. The largest absolute Gasteiger partial charge is 0.384 e. The van der Waals surface area contributed by atoms with Crippen LogP contribution in [0.2, 0.25) is 0 Å². The second-order valence-corrected chi connectivity index (χ2v) is 6.49. The van der Waals surface area contributed by atoms with E-state index in [1.165, 1.54) is 11.1 Å². The molecule has 1 aliphatic carbocycles. The third-order valence-corrected chi connectivity index (χ3v) is 4.98. The molecular formula is C18H25NO3. The van der Waals surface area contributed by atoms with Crippen LogP contribution in [0.5, 0.6) is 0 Å². The van der Waals surface area contributed by atoms with Crippen molar-refractivity contribution in [2.45, 2.75) is 38.3 Å². The molecule has 1 aliphatic heterocycles. The molecule has 0 radical (unpaired) electrons. The lowest BCUT2D eigenvalue weighted by Gasteiger charge is -2.47. The number of methoxy groups -OCH3 is 1. The van der Waals surface area contributed by atoms with Crippen LogP contribution in [0.15, 0.2) is 24.3 Å². The van der Waals surface area contributed by atoms with Gasteiger partial charge in [-0.15, -0.1) is 0 Å². The third kappa shape index (κ3) is 3.18. The van der Waals surface area contributed by atoms with Crippen LogP contribution in [0.25, 0.3) is 0 Å². The lowest BCUT2D eigenvalue weighted by molar-refractivity contribution is -0.129. The number of hydrogen-bond donors (Lipinski definition) is 1. The fourth-order valence-corrected chi connectivity index (χ4v) is 3.71. The van der Waals surface area contributed by atoms with Gasteiger partial charge in [-0.3, -0.25) is 4.79 Å². The van der Waals surface area contributed by atoms with Gasteiger partial charge in [0.2, 0.25) is 5.91 Å². The molecule has 1 N–H and O–H groups in total. The van der Waals surface area contributed by atoms with Crippen molar-refractivity contribution in [3.63, 3.8) is 0 Å². The van der Waals surface area contributed by atoms with E-state index in [1.807, 2.05) is 0 Å². The summed E-state index contributed by atoms with van der Waals surface area (Å²) in [6, 6.07) is 8.60. The predicted octanol–water partition coefficient (Wildman–Crippen LogP) is 2.09. The zero-order chi connectivity index (χ0) is 15.5. The maximum absolute atomic E-state index is 12.2. The number of aryl methyl sites for hydroxylation is 2. The Morgan fingerprint density at radius 2 is 2.14 bits per heavy atom. The van der Waals surface area contributed by atoms with E-state index in [1.54, 1.807) is 7.11 Å². The zero-order valence-corrected chi connectivity index (χ0v) is 13.4. The fraction of sp³-hybridized carbons (Fsp3) is 0.611. The number of fused-ring (bicyclic) bond motifs is 1. The van der Waals surface area contributed by atoms with E-state index in [4.69, 9.17) is 9.47 Å². The van der Waals surface area contributed by atoms with Crippen molar-refractivity contribution in [3.05, 3.63) is 35.4 Å². The number of rotatable bonds is 6. The first-order valence-corrected chi connectivity index (χ1v) is 8.14. The van der Waals surface area contributed by atoms with Gasteiger partial charge in [-0.1, -0.05) is 29.8 Å². The zero-order valence-electron chi connectivity index (χ0n) is 13.4. The predicted molar refractivity (Wildman–Crippen MR) is 84.6 cm³/mol. The highest BCUT2D eigenvalue weighted by Crippen LogP contribution is 2.43. The van der Waals surface area contributed by atoms with E-state index in [-0.39, 0.29) is 18.1 Å². The Morgan fingerprint density at radius 1 is 1.36 bits per heavy atom. The van der Waals surface area contributed by atoms with E-state index in [0.717, 1.165) is 19.4 Å². The summed E-state index contributed by atoms with van der Waals surface area (Å²) < 4.78 is 11.0. The molecule has 0 unspecified atom stereocenters. The SMILES string of the molecule is COC[C@H]1[C@@H](NC(=O)CCc2ccc(C)cc2)[C@@H]2CCO[C@@H]21. The van der Waals surface area contributed by atoms with E-state index >= 15 is 0 Å². The summed E-state index contributed by atoms with van der Waals surface area (Å²) in [6.07, 6.45) is 2.66. The molecule has 0 aromatic heterocycles. The van der Waals surface area contributed by atoms with Crippen molar-refractivity contribution < 1.29 is 14.3 Å². The van der Waals surface area contributed by atoms with Crippen molar-refractivity contribution in [2.75, 3.05) is 20.3 Å². The summed E-state index contributed by atoms with van der Waals surface area (Å²) in [7, 11) is 1.71. The second kappa shape index (κ2) is 6.80. The normalized spacial score (nSPS) is 29.7. The van der Waals surface area contributed by atoms with Gasteiger partial charge in [0, 0.05) is 38.0 Å². The molecule has 0 bridgehead atoms. The molecule has 1 amide bonds. The number of hydrogen-bond acceptors (Lipinski definition) is 3. The number of amides is 1. The topological polar surface area (TPSA) is 47.6 Å². The standard InChI is InChI=1S/C18H25NO3/c1-12-3-5-13(6-4-12)7-8-16(20)19-17-14-9-10-22-18(14)15(17)11-21-2/h3-6,14-15,17-18H,7-11H2,1-2H3,(H,19,20)/t14-,15-,17-,18-/m0/s1. The third-order valence-electron chi connectivity index (χ3n) is 4.98. The van der Waals surface area contributed by atoms with Crippen molar-refractivity contribution >= 4 is 5.91 Å². The van der Waals surface area contributed by atoms with Gasteiger partial charge in [0.25, 0.3) is 0 Å². The highest BCUT2D eigenvalue weighted by molar-refractivity contribution is 5.76. The molecule has 4 atom stereocenters. The Kier molecular flexibility index (Phi) is 4.79. The number of nitrogens with one attached hydrogen (secondary N) is 1. The summed E-state index contributed by atoms with van der Waals surface area (Å²) in [6.45, 7) is 3.54. The Bertz CT molecular complexity index is 514. The van der Waals surface area contributed by atoms with Crippen molar-refractivity contribution in [1.29, 1.82) is 0 Å². The van der Waals surface area contributed by atoms with Gasteiger partial charge in [0.05, 0.1) is 12.7 Å². The molecule has 2 aliphatic rings. The van der Waals surface area contributed by atoms with Crippen LogP contribution in [0.3, 0.4) is 0 Å².